The molecule has 0 atom stereocenters. The number of benzene rings is 3. The fourth-order valence-corrected chi connectivity index (χ4v) is 3.43. The van der Waals surface area contributed by atoms with Gasteiger partial charge < -0.3 is 9.15 Å². The van der Waals surface area contributed by atoms with Crippen LogP contribution >= 0.6 is 11.8 Å². The number of hydrogen-bond donors (Lipinski definition) is 0. The highest BCUT2D eigenvalue weighted by Crippen LogP contribution is 2.29. The molecular weight excluding hydrogens is 360 g/mol. The predicted molar refractivity (Wildman–Crippen MR) is 105 cm³/mol. The van der Waals surface area contributed by atoms with Gasteiger partial charge in [-0.15, -0.1) is 10.2 Å². The SMILES string of the molecule is COc1ccc(C(=O)CSc2nnc(-c3cccc4ccccc34)o2)cc1. The Kier molecular flexibility index (Phi) is 4.89. The van der Waals surface area contributed by atoms with Gasteiger partial charge in [-0.3, -0.25) is 4.79 Å². The molecule has 0 saturated heterocycles. The minimum Gasteiger partial charge on any atom is -0.497 e. The van der Waals surface area contributed by atoms with E-state index in [9.17, 15) is 4.79 Å². The first-order valence-corrected chi connectivity index (χ1v) is 9.35. The first-order chi connectivity index (χ1) is 13.2. The van der Waals surface area contributed by atoms with Crippen molar-refractivity contribution in [3.05, 3.63) is 72.3 Å². The molecule has 1 aromatic heterocycles. The van der Waals surface area contributed by atoms with E-state index in [1.165, 1.54) is 11.8 Å². The zero-order chi connectivity index (χ0) is 18.6. The van der Waals surface area contributed by atoms with Gasteiger partial charge >= 0.3 is 0 Å². The molecule has 4 rings (SSSR count). The quantitative estimate of drug-likeness (QED) is 0.353. The number of carbonyl (C=O) groups is 1. The summed E-state index contributed by atoms with van der Waals surface area (Å²) in [6.45, 7) is 0. The van der Waals surface area contributed by atoms with Crippen molar-refractivity contribution < 1.29 is 13.9 Å². The van der Waals surface area contributed by atoms with Crippen LogP contribution in [0.15, 0.2) is 76.4 Å². The topological polar surface area (TPSA) is 65.2 Å². The van der Waals surface area contributed by atoms with Crippen LogP contribution < -0.4 is 4.74 Å². The molecule has 0 saturated carbocycles. The van der Waals surface area contributed by atoms with Gasteiger partial charge in [0, 0.05) is 11.1 Å². The third-order valence-corrected chi connectivity index (χ3v) is 4.98. The van der Waals surface area contributed by atoms with Crippen molar-refractivity contribution in [2.24, 2.45) is 0 Å². The van der Waals surface area contributed by atoms with Crippen LogP contribution in [-0.4, -0.2) is 28.8 Å². The van der Waals surface area contributed by atoms with E-state index in [1.807, 2.05) is 42.5 Å². The molecule has 1 heterocycles. The average molecular weight is 376 g/mol. The fraction of sp³-hybridized carbons (Fsp3) is 0.0952. The van der Waals surface area contributed by atoms with Crippen molar-refractivity contribution in [2.75, 3.05) is 12.9 Å². The monoisotopic (exact) mass is 376 g/mol. The van der Waals surface area contributed by atoms with E-state index in [2.05, 4.69) is 10.2 Å². The molecular formula is C21H16N2O3S. The molecule has 0 N–H and O–H groups in total. The summed E-state index contributed by atoms with van der Waals surface area (Å²) in [5.41, 5.74) is 1.51. The van der Waals surface area contributed by atoms with E-state index in [-0.39, 0.29) is 11.5 Å². The predicted octanol–water partition coefficient (Wildman–Crippen LogP) is 4.87. The maximum atomic E-state index is 12.3. The molecule has 0 aliphatic heterocycles. The minimum atomic E-state index is -0.00689. The van der Waals surface area contributed by atoms with E-state index in [4.69, 9.17) is 9.15 Å². The summed E-state index contributed by atoms with van der Waals surface area (Å²) in [6, 6.07) is 21.0. The van der Waals surface area contributed by atoms with Gasteiger partial charge in [-0.1, -0.05) is 48.2 Å². The number of ketones is 1. The summed E-state index contributed by atoms with van der Waals surface area (Å²) in [5.74, 6) is 1.39. The van der Waals surface area contributed by atoms with E-state index >= 15 is 0 Å². The molecule has 27 heavy (non-hydrogen) atoms. The largest absolute Gasteiger partial charge is 0.497 e. The third kappa shape index (κ3) is 3.71. The van der Waals surface area contributed by atoms with Crippen LogP contribution in [0.4, 0.5) is 0 Å². The van der Waals surface area contributed by atoms with Crippen molar-refractivity contribution in [2.45, 2.75) is 5.22 Å². The zero-order valence-electron chi connectivity index (χ0n) is 14.6. The number of fused-ring (bicyclic) bond motifs is 1. The number of ether oxygens (including phenoxy) is 1. The third-order valence-electron chi connectivity index (χ3n) is 4.17. The van der Waals surface area contributed by atoms with Gasteiger partial charge in [0.15, 0.2) is 5.78 Å². The van der Waals surface area contributed by atoms with Crippen LogP contribution in [0.25, 0.3) is 22.2 Å². The van der Waals surface area contributed by atoms with Crippen LogP contribution in [0, 0.1) is 0 Å². The number of aromatic nitrogens is 2. The second-order valence-corrected chi connectivity index (χ2v) is 6.77. The summed E-state index contributed by atoms with van der Waals surface area (Å²) < 4.78 is 10.9. The molecule has 0 amide bonds. The number of thioether (sulfide) groups is 1. The van der Waals surface area contributed by atoms with Crippen molar-refractivity contribution in [3.63, 3.8) is 0 Å². The Balaban J connectivity index is 1.48. The molecule has 0 aliphatic carbocycles. The van der Waals surface area contributed by atoms with E-state index in [0.29, 0.717) is 16.7 Å². The van der Waals surface area contributed by atoms with Crippen LogP contribution in [0.3, 0.4) is 0 Å². The van der Waals surface area contributed by atoms with Crippen molar-refractivity contribution in [3.8, 4) is 17.2 Å². The smallest absolute Gasteiger partial charge is 0.277 e. The number of carbonyl (C=O) groups excluding carboxylic acids is 1. The Morgan fingerprint density at radius 2 is 1.78 bits per heavy atom. The molecule has 134 valence electrons. The second kappa shape index (κ2) is 7.63. The lowest BCUT2D eigenvalue weighted by atomic mass is 10.0. The summed E-state index contributed by atoms with van der Waals surface area (Å²) >= 11 is 1.23. The van der Waals surface area contributed by atoms with Gasteiger partial charge in [-0.25, -0.2) is 0 Å². The van der Waals surface area contributed by atoms with Crippen LogP contribution in [0.1, 0.15) is 10.4 Å². The Hall–Kier alpha value is -3.12. The Morgan fingerprint density at radius 1 is 1.00 bits per heavy atom. The second-order valence-electron chi connectivity index (χ2n) is 5.84. The summed E-state index contributed by atoms with van der Waals surface area (Å²) in [5, 5.41) is 10.7. The van der Waals surface area contributed by atoms with Gasteiger partial charge in [-0.2, -0.15) is 0 Å². The van der Waals surface area contributed by atoms with Crippen LogP contribution in [0.2, 0.25) is 0 Å². The zero-order valence-corrected chi connectivity index (χ0v) is 15.4. The maximum Gasteiger partial charge on any atom is 0.277 e. The van der Waals surface area contributed by atoms with Crippen molar-refractivity contribution in [1.82, 2.24) is 10.2 Å². The molecule has 0 aliphatic rings. The van der Waals surface area contributed by atoms with Crippen LogP contribution in [0.5, 0.6) is 5.75 Å². The van der Waals surface area contributed by atoms with Gasteiger partial charge in [-0.05, 0) is 41.1 Å². The molecule has 0 spiro atoms. The number of methoxy groups -OCH3 is 1. The van der Waals surface area contributed by atoms with Gasteiger partial charge in [0.1, 0.15) is 5.75 Å². The number of nitrogens with zero attached hydrogens (tertiary/aromatic N) is 2. The summed E-state index contributed by atoms with van der Waals surface area (Å²) in [4.78, 5) is 12.3. The molecule has 0 radical (unpaired) electrons. The van der Waals surface area contributed by atoms with Crippen LogP contribution in [-0.2, 0) is 0 Å². The standard InChI is InChI=1S/C21H16N2O3S/c1-25-16-11-9-15(10-12-16)19(24)13-27-21-23-22-20(26-21)18-8-4-6-14-5-2-3-7-17(14)18/h2-12H,13H2,1H3. The summed E-state index contributed by atoms with van der Waals surface area (Å²) in [7, 11) is 1.59. The fourth-order valence-electron chi connectivity index (χ4n) is 2.78. The highest BCUT2D eigenvalue weighted by Gasteiger charge is 2.14. The lowest BCUT2D eigenvalue weighted by Crippen LogP contribution is -2.02. The molecule has 0 fully saturated rings. The number of Topliss-reactive ketones (excluding diaryl/α,β-unsaturated/α-hetero) is 1. The highest BCUT2D eigenvalue weighted by atomic mass is 32.2. The number of hydrogen-bond acceptors (Lipinski definition) is 6. The lowest BCUT2D eigenvalue weighted by molar-refractivity contribution is 0.102. The average Bonchev–Trinajstić information content (AvgIpc) is 3.20. The van der Waals surface area contributed by atoms with E-state index < -0.39 is 0 Å². The maximum absolute atomic E-state index is 12.3. The Morgan fingerprint density at radius 3 is 2.59 bits per heavy atom. The molecule has 0 bridgehead atoms. The van der Waals surface area contributed by atoms with Crippen molar-refractivity contribution in [1.29, 1.82) is 0 Å². The molecule has 6 heteroatoms. The number of rotatable bonds is 6. The Labute approximate surface area is 160 Å². The molecule has 4 aromatic rings. The van der Waals surface area contributed by atoms with Gasteiger partial charge in [0.25, 0.3) is 5.22 Å². The molecule has 3 aromatic carbocycles. The highest BCUT2D eigenvalue weighted by molar-refractivity contribution is 7.99. The summed E-state index contributed by atoms with van der Waals surface area (Å²) in [6.07, 6.45) is 0. The molecule has 0 unspecified atom stereocenters. The first-order valence-electron chi connectivity index (χ1n) is 8.36. The van der Waals surface area contributed by atoms with E-state index in [1.54, 1.807) is 31.4 Å². The molecule has 5 nitrogen and oxygen atoms in total. The van der Waals surface area contributed by atoms with Crippen molar-refractivity contribution >= 4 is 28.3 Å². The van der Waals surface area contributed by atoms with Gasteiger partial charge in [0.05, 0.1) is 12.9 Å². The van der Waals surface area contributed by atoms with E-state index in [0.717, 1.165) is 22.1 Å². The lowest BCUT2D eigenvalue weighted by Gasteiger charge is -2.02. The minimum absolute atomic E-state index is 0.00689. The van der Waals surface area contributed by atoms with Gasteiger partial charge in [0.2, 0.25) is 5.89 Å². The Bertz CT molecular complexity index is 1080. The first kappa shape index (κ1) is 17.3. The normalized spacial score (nSPS) is 10.9.